The lowest BCUT2D eigenvalue weighted by atomic mass is 9.97. The van der Waals surface area contributed by atoms with Crippen LogP contribution in [0.5, 0.6) is 0 Å². The Morgan fingerprint density at radius 1 is 1.23 bits per heavy atom. The minimum Gasteiger partial charge on any atom is -0.466 e. The van der Waals surface area contributed by atoms with Crippen LogP contribution in [-0.2, 0) is 19.4 Å². The average Bonchev–Trinajstić information content (AvgIpc) is 2.62. The van der Waals surface area contributed by atoms with Gasteiger partial charge in [0.25, 0.3) is 0 Å². The van der Waals surface area contributed by atoms with Crippen LogP contribution in [0.2, 0.25) is 0 Å². The summed E-state index contributed by atoms with van der Waals surface area (Å²) in [5.41, 5.74) is 0.288. The number of nitrogens with one attached hydrogen (secondary N) is 1. The second kappa shape index (κ2) is 8.43. The van der Waals surface area contributed by atoms with Crippen molar-refractivity contribution in [2.75, 3.05) is 25.0 Å². The third kappa shape index (κ3) is 4.69. The third-order valence-corrected chi connectivity index (χ3v) is 5.47. The summed E-state index contributed by atoms with van der Waals surface area (Å²) in [4.78, 5) is 24.9. The summed E-state index contributed by atoms with van der Waals surface area (Å²) in [5.74, 6) is -3.98. The van der Waals surface area contributed by atoms with E-state index in [4.69, 9.17) is 4.74 Å². The first kappa shape index (κ1) is 20.1. The number of likely N-dealkylation sites (tertiary alicyclic amines) is 1. The zero-order chi connectivity index (χ0) is 19.3. The van der Waals surface area contributed by atoms with Crippen molar-refractivity contribution < 1.29 is 31.5 Å². The van der Waals surface area contributed by atoms with E-state index >= 15 is 0 Å². The van der Waals surface area contributed by atoms with Crippen LogP contribution in [0.25, 0.3) is 0 Å². The van der Waals surface area contributed by atoms with Crippen molar-refractivity contribution in [1.29, 1.82) is 0 Å². The molecule has 7 nitrogen and oxygen atoms in total. The summed E-state index contributed by atoms with van der Waals surface area (Å²) in [7, 11) is -4.66. The zero-order valence-electron chi connectivity index (χ0n) is 14.2. The Labute approximate surface area is 150 Å². The molecule has 0 unspecified atom stereocenters. The van der Waals surface area contributed by atoms with E-state index in [1.807, 2.05) is 0 Å². The highest BCUT2D eigenvalue weighted by atomic mass is 32.2. The van der Waals surface area contributed by atoms with Gasteiger partial charge in [0.15, 0.2) is 0 Å². The maximum absolute atomic E-state index is 12.5. The number of ether oxygens (including phenoxy) is 1. The summed E-state index contributed by atoms with van der Waals surface area (Å²) >= 11 is 0. The van der Waals surface area contributed by atoms with E-state index in [-0.39, 0.29) is 17.6 Å². The van der Waals surface area contributed by atoms with Gasteiger partial charge < -0.3 is 15.0 Å². The number of alkyl halides is 2. The SMILES string of the molecule is CCOC(=O)C1CCN(C(=O)Nc2ccc(S(=O)(=O)C(F)F)cc2)CC1. The lowest BCUT2D eigenvalue weighted by Gasteiger charge is -2.30. The minimum absolute atomic E-state index is 0.224. The topological polar surface area (TPSA) is 92.8 Å². The maximum atomic E-state index is 12.5. The molecule has 0 saturated carbocycles. The number of halogens is 2. The summed E-state index contributed by atoms with van der Waals surface area (Å²) in [6.45, 7) is 2.81. The number of benzene rings is 1. The first-order valence-corrected chi connectivity index (χ1v) is 9.65. The van der Waals surface area contributed by atoms with Crippen molar-refractivity contribution in [3.8, 4) is 0 Å². The van der Waals surface area contributed by atoms with E-state index in [0.29, 0.717) is 32.5 Å². The van der Waals surface area contributed by atoms with Crippen LogP contribution in [0, 0.1) is 5.92 Å². The number of sulfone groups is 1. The number of esters is 1. The molecule has 1 fully saturated rings. The highest BCUT2D eigenvalue weighted by Gasteiger charge is 2.29. The predicted molar refractivity (Wildman–Crippen MR) is 89.6 cm³/mol. The molecule has 10 heteroatoms. The molecule has 0 aromatic heterocycles. The number of hydrogen-bond donors (Lipinski definition) is 1. The largest absolute Gasteiger partial charge is 0.466 e. The van der Waals surface area contributed by atoms with Gasteiger partial charge in [-0.05, 0) is 44.0 Å². The van der Waals surface area contributed by atoms with Gasteiger partial charge in [-0.25, -0.2) is 13.2 Å². The fourth-order valence-electron chi connectivity index (χ4n) is 2.61. The van der Waals surface area contributed by atoms with Crippen molar-refractivity contribution in [3.63, 3.8) is 0 Å². The van der Waals surface area contributed by atoms with Crippen LogP contribution < -0.4 is 5.32 Å². The lowest BCUT2D eigenvalue weighted by Crippen LogP contribution is -2.42. The lowest BCUT2D eigenvalue weighted by molar-refractivity contribution is -0.149. The maximum Gasteiger partial charge on any atom is 0.341 e. The number of amides is 2. The van der Waals surface area contributed by atoms with Crippen molar-refractivity contribution in [2.45, 2.75) is 30.4 Å². The molecule has 2 amide bonds. The molecule has 0 atom stereocenters. The Balaban J connectivity index is 1.92. The van der Waals surface area contributed by atoms with Gasteiger partial charge in [-0.1, -0.05) is 0 Å². The van der Waals surface area contributed by atoms with Crippen LogP contribution >= 0.6 is 0 Å². The van der Waals surface area contributed by atoms with Crippen molar-refractivity contribution in [1.82, 2.24) is 4.90 Å². The highest BCUT2D eigenvalue weighted by Crippen LogP contribution is 2.22. The monoisotopic (exact) mass is 390 g/mol. The quantitative estimate of drug-likeness (QED) is 0.780. The summed E-state index contributed by atoms with van der Waals surface area (Å²) in [6, 6.07) is 4.13. The number of urea groups is 1. The number of carbonyl (C=O) groups is 2. The molecule has 1 heterocycles. The fraction of sp³-hybridized carbons (Fsp3) is 0.500. The van der Waals surface area contributed by atoms with Crippen molar-refractivity contribution in [3.05, 3.63) is 24.3 Å². The van der Waals surface area contributed by atoms with Gasteiger partial charge in [0.2, 0.25) is 9.84 Å². The van der Waals surface area contributed by atoms with Crippen LogP contribution in [-0.4, -0.2) is 50.8 Å². The first-order chi connectivity index (χ1) is 12.3. The number of hydrogen-bond acceptors (Lipinski definition) is 5. The third-order valence-electron chi connectivity index (χ3n) is 4.07. The molecule has 0 aliphatic carbocycles. The highest BCUT2D eigenvalue weighted by molar-refractivity contribution is 7.91. The molecule has 26 heavy (non-hydrogen) atoms. The normalized spacial score (nSPS) is 15.8. The second-order valence-corrected chi connectivity index (χ2v) is 7.69. The standard InChI is InChI=1S/C16H20F2N2O5S/c1-2-25-14(21)11-7-9-20(10-8-11)16(22)19-12-3-5-13(6-4-12)26(23,24)15(17)18/h3-6,11,15H,2,7-10H2,1H3,(H,19,22). The van der Waals surface area contributed by atoms with Crippen molar-refractivity contribution >= 4 is 27.5 Å². The molecule has 1 saturated heterocycles. The van der Waals surface area contributed by atoms with Gasteiger partial charge in [0.1, 0.15) is 0 Å². The molecule has 144 valence electrons. The van der Waals surface area contributed by atoms with Crippen molar-refractivity contribution in [2.24, 2.45) is 5.92 Å². The smallest absolute Gasteiger partial charge is 0.341 e. The second-order valence-electron chi connectivity index (χ2n) is 5.77. The molecular formula is C16H20F2N2O5S. The van der Waals surface area contributed by atoms with E-state index in [9.17, 15) is 26.8 Å². The van der Waals surface area contributed by atoms with Gasteiger partial charge in [-0.15, -0.1) is 0 Å². The van der Waals surface area contributed by atoms with E-state index in [0.717, 1.165) is 12.1 Å². The molecular weight excluding hydrogens is 370 g/mol. The van der Waals surface area contributed by atoms with Crippen LogP contribution in [0.4, 0.5) is 19.3 Å². The number of piperidine rings is 1. The first-order valence-electron chi connectivity index (χ1n) is 8.10. The molecule has 0 radical (unpaired) electrons. The average molecular weight is 390 g/mol. The van der Waals surface area contributed by atoms with E-state index in [2.05, 4.69) is 5.32 Å². The Kier molecular flexibility index (Phi) is 6.52. The van der Waals surface area contributed by atoms with Crippen LogP contribution in [0.1, 0.15) is 19.8 Å². The molecule has 0 bridgehead atoms. The van der Waals surface area contributed by atoms with Gasteiger partial charge in [0, 0.05) is 18.8 Å². The van der Waals surface area contributed by atoms with E-state index in [1.54, 1.807) is 6.92 Å². The summed E-state index contributed by atoms with van der Waals surface area (Å²) in [5, 5.41) is 2.58. The molecule has 2 rings (SSSR count). The Morgan fingerprint density at radius 3 is 2.31 bits per heavy atom. The molecule has 1 aliphatic heterocycles. The molecule has 1 N–H and O–H groups in total. The van der Waals surface area contributed by atoms with Gasteiger partial charge >= 0.3 is 17.8 Å². The Morgan fingerprint density at radius 2 is 1.81 bits per heavy atom. The van der Waals surface area contributed by atoms with E-state index < -0.39 is 26.5 Å². The molecule has 1 aliphatic rings. The van der Waals surface area contributed by atoms with Crippen LogP contribution in [0.3, 0.4) is 0 Å². The Bertz CT molecular complexity index is 744. The van der Waals surface area contributed by atoms with Crippen LogP contribution in [0.15, 0.2) is 29.2 Å². The van der Waals surface area contributed by atoms with E-state index in [1.165, 1.54) is 17.0 Å². The zero-order valence-corrected chi connectivity index (χ0v) is 15.0. The van der Waals surface area contributed by atoms with Gasteiger partial charge in [-0.2, -0.15) is 8.78 Å². The minimum atomic E-state index is -4.66. The number of carbonyl (C=O) groups excluding carboxylic acids is 2. The summed E-state index contributed by atoms with van der Waals surface area (Å²) < 4.78 is 52.7. The summed E-state index contributed by atoms with van der Waals surface area (Å²) in [6.07, 6.45) is 0.996. The predicted octanol–water partition coefficient (Wildman–Crippen LogP) is 2.49. The molecule has 0 spiro atoms. The number of nitrogens with zero attached hydrogens (tertiary/aromatic N) is 1. The number of rotatable bonds is 5. The van der Waals surface area contributed by atoms with Gasteiger partial charge in [0.05, 0.1) is 17.4 Å². The fourth-order valence-corrected chi connectivity index (χ4v) is 3.33. The number of anilines is 1. The van der Waals surface area contributed by atoms with Gasteiger partial charge in [-0.3, -0.25) is 4.79 Å². The Hall–Kier alpha value is -2.23. The molecule has 1 aromatic rings. The molecule has 1 aromatic carbocycles.